The standard InChI is InChI=1S/C14H24O/c1-5-8-14(6-2)10-9-13(4)11-12-15-7-3/h6,9-10H,2,5,7-8,11-12H2,1,3-4H3/b13-9+,14-10+. The van der Waals surface area contributed by atoms with Crippen LogP contribution in [0.4, 0.5) is 0 Å². The smallest absolute Gasteiger partial charge is 0.0503 e. The summed E-state index contributed by atoms with van der Waals surface area (Å²) in [5.41, 5.74) is 2.67. The maximum Gasteiger partial charge on any atom is 0.0503 e. The Morgan fingerprint density at radius 1 is 1.20 bits per heavy atom. The van der Waals surface area contributed by atoms with Crippen LogP contribution in [0.5, 0.6) is 0 Å². The van der Waals surface area contributed by atoms with Gasteiger partial charge in [-0.1, -0.05) is 43.7 Å². The molecule has 0 aliphatic heterocycles. The molecule has 0 unspecified atom stereocenters. The summed E-state index contributed by atoms with van der Waals surface area (Å²) in [5.74, 6) is 0. The molecule has 0 atom stereocenters. The molecule has 0 aliphatic rings. The Hall–Kier alpha value is -0.820. The molecule has 1 heteroatoms. The fraction of sp³-hybridized carbons (Fsp3) is 0.571. The van der Waals surface area contributed by atoms with E-state index in [1.165, 1.54) is 17.6 Å². The zero-order valence-electron chi connectivity index (χ0n) is 10.4. The molecular weight excluding hydrogens is 184 g/mol. The molecular formula is C14H24O. The molecule has 0 spiro atoms. The van der Waals surface area contributed by atoms with E-state index in [0.717, 1.165) is 26.1 Å². The lowest BCUT2D eigenvalue weighted by molar-refractivity contribution is 0.151. The van der Waals surface area contributed by atoms with Crippen molar-refractivity contribution in [2.24, 2.45) is 0 Å². The summed E-state index contributed by atoms with van der Waals surface area (Å²) in [6.07, 6.45) is 9.57. The van der Waals surface area contributed by atoms with Gasteiger partial charge in [-0.2, -0.15) is 0 Å². The predicted molar refractivity (Wildman–Crippen MR) is 68.1 cm³/mol. The highest BCUT2D eigenvalue weighted by Gasteiger charge is 1.90. The van der Waals surface area contributed by atoms with E-state index in [9.17, 15) is 0 Å². The van der Waals surface area contributed by atoms with E-state index in [1.54, 1.807) is 0 Å². The Morgan fingerprint density at radius 3 is 2.47 bits per heavy atom. The lowest BCUT2D eigenvalue weighted by Gasteiger charge is -2.01. The molecule has 0 saturated heterocycles. The molecule has 0 rings (SSSR count). The Balaban J connectivity index is 4.03. The summed E-state index contributed by atoms with van der Waals surface area (Å²) in [6, 6.07) is 0. The molecule has 0 bridgehead atoms. The molecule has 86 valence electrons. The van der Waals surface area contributed by atoms with Crippen molar-refractivity contribution in [2.45, 2.75) is 40.0 Å². The van der Waals surface area contributed by atoms with Gasteiger partial charge in [0.15, 0.2) is 0 Å². The average Bonchev–Trinajstić information content (AvgIpc) is 2.24. The summed E-state index contributed by atoms with van der Waals surface area (Å²) in [4.78, 5) is 0. The molecule has 0 aromatic carbocycles. The number of rotatable bonds is 8. The molecule has 0 aliphatic carbocycles. The topological polar surface area (TPSA) is 9.23 Å². The van der Waals surface area contributed by atoms with Crippen molar-refractivity contribution in [1.29, 1.82) is 0 Å². The molecule has 15 heavy (non-hydrogen) atoms. The van der Waals surface area contributed by atoms with Gasteiger partial charge in [0, 0.05) is 6.61 Å². The normalized spacial score (nSPS) is 13.0. The van der Waals surface area contributed by atoms with Gasteiger partial charge < -0.3 is 4.74 Å². The number of hydrogen-bond donors (Lipinski definition) is 0. The van der Waals surface area contributed by atoms with Gasteiger partial charge in [-0.05, 0) is 32.3 Å². The van der Waals surface area contributed by atoms with E-state index in [-0.39, 0.29) is 0 Å². The number of allylic oxidation sites excluding steroid dienone is 4. The first-order valence-corrected chi connectivity index (χ1v) is 5.81. The summed E-state index contributed by atoms with van der Waals surface area (Å²) >= 11 is 0. The Morgan fingerprint density at radius 2 is 1.93 bits per heavy atom. The van der Waals surface area contributed by atoms with Crippen LogP contribution in [0.15, 0.2) is 36.0 Å². The summed E-state index contributed by atoms with van der Waals surface area (Å²) in [6.45, 7) is 11.8. The number of hydrogen-bond acceptors (Lipinski definition) is 1. The Bertz CT molecular complexity index is 223. The lowest BCUT2D eigenvalue weighted by Crippen LogP contribution is -1.93. The molecule has 0 heterocycles. The molecule has 0 radical (unpaired) electrons. The maximum absolute atomic E-state index is 5.30. The van der Waals surface area contributed by atoms with Gasteiger partial charge in [-0.3, -0.25) is 0 Å². The van der Waals surface area contributed by atoms with Crippen molar-refractivity contribution in [3.63, 3.8) is 0 Å². The first-order valence-electron chi connectivity index (χ1n) is 5.81. The third kappa shape index (κ3) is 8.19. The highest BCUT2D eigenvalue weighted by molar-refractivity contribution is 5.24. The van der Waals surface area contributed by atoms with Crippen LogP contribution in [0.25, 0.3) is 0 Å². The van der Waals surface area contributed by atoms with E-state index < -0.39 is 0 Å². The molecule has 1 nitrogen and oxygen atoms in total. The second kappa shape index (κ2) is 9.72. The van der Waals surface area contributed by atoms with Crippen LogP contribution in [0, 0.1) is 0 Å². The minimum atomic E-state index is 0.802. The lowest BCUT2D eigenvalue weighted by atomic mass is 10.1. The van der Waals surface area contributed by atoms with Crippen LogP contribution >= 0.6 is 0 Å². The third-order valence-corrected chi connectivity index (χ3v) is 2.23. The molecule has 0 aromatic heterocycles. The van der Waals surface area contributed by atoms with Crippen LogP contribution < -0.4 is 0 Å². The van der Waals surface area contributed by atoms with Crippen LogP contribution in [-0.2, 0) is 4.74 Å². The molecule has 0 amide bonds. The SMILES string of the molecule is C=C/C(=C\C=C(/C)CCOCC)CCC. The van der Waals surface area contributed by atoms with Crippen LogP contribution in [0.3, 0.4) is 0 Å². The first-order chi connectivity index (χ1) is 7.24. The van der Waals surface area contributed by atoms with Gasteiger partial charge in [-0.15, -0.1) is 0 Å². The minimum Gasteiger partial charge on any atom is -0.381 e. The van der Waals surface area contributed by atoms with E-state index in [4.69, 9.17) is 4.74 Å². The largest absolute Gasteiger partial charge is 0.381 e. The fourth-order valence-electron chi connectivity index (χ4n) is 1.25. The molecule has 0 saturated carbocycles. The summed E-state index contributed by atoms with van der Waals surface area (Å²) in [5, 5.41) is 0. The van der Waals surface area contributed by atoms with Crippen molar-refractivity contribution >= 4 is 0 Å². The van der Waals surface area contributed by atoms with E-state index in [1.807, 2.05) is 13.0 Å². The summed E-state index contributed by atoms with van der Waals surface area (Å²) < 4.78 is 5.30. The fourth-order valence-corrected chi connectivity index (χ4v) is 1.25. The molecule has 0 aromatic rings. The van der Waals surface area contributed by atoms with Crippen molar-refractivity contribution in [3.05, 3.63) is 36.0 Å². The van der Waals surface area contributed by atoms with Crippen molar-refractivity contribution < 1.29 is 4.74 Å². The van der Waals surface area contributed by atoms with E-state index in [2.05, 4.69) is 32.6 Å². The minimum absolute atomic E-state index is 0.802. The van der Waals surface area contributed by atoms with Crippen molar-refractivity contribution in [1.82, 2.24) is 0 Å². The highest BCUT2D eigenvalue weighted by atomic mass is 16.5. The monoisotopic (exact) mass is 208 g/mol. The zero-order valence-corrected chi connectivity index (χ0v) is 10.4. The quantitative estimate of drug-likeness (QED) is 0.427. The van der Waals surface area contributed by atoms with Crippen LogP contribution in [0.2, 0.25) is 0 Å². The number of ether oxygens (including phenoxy) is 1. The van der Waals surface area contributed by atoms with Gasteiger partial charge in [0.1, 0.15) is 0 Å². The van der Waals surface area contributed by atoms with Gasteiger partial charge in [0.25, 0.3) is 0 Å². The Kier molecular flexibility index (Phi) is 9.19. The zero-order chi connectivity index (χ0) is 11.5. The third-order valence-electron chi connectivity index (χ3n) is 2.23. The first kappa shape index (κ1) is 14.2. The molecule has 0 N–H and O–H groups in total. The summed E-state index contributed by atoms with van der Waals surface area (Å²) in [7, 11) is 0. The van der Waals surface area contributed by atoms with Gasteiger partial charge in [0.05, 0.1) is 6.61 Å². The average molecular weight is 208 g/mol. The Labute approximate surface area is 94.5 Å². The van der Waals surface area contributed by atoms with Crippen molar-refractivity contribution in [3.8, 4) is 0 Å². The highest BCUT2D eigenvalue weighted by Crippen LogP contribution is 2.08. The second-order valence-electron chi connectivity index (χ2n) is 3.66. The van der Waals surface area contributed by atoms with Crippen LogP contribution in [0.1, 0.15) is 40.0 Å². The van der Waals surface area contributed by atoms with E-state index in [0.29, 0.717) is 0 Å². The van der Waals surface area contributed by atoms with Crippen molar-refractivity contribution in [2.75, 3.05) is 13.2 Å². The van der Waals surface area contributed by atoms with Crippen LogP contribution in [-0.4, -0.2) is 13.2 Å². The van der Waals surface area contributed by atoms with E-state index >= 15 is 0 Å². The maximum atomic E-state index is 5.30. The predicted octanol–water partition coefficient (Wildman–Crippen LogP) is 4.27. The van der Waals surface area contributed by atoms with Gasteiger partial charge >= 0.3 is 0 Å². The van der Waals surface area contributed by atoms with Gasteiger partial charge in [0.2, 0.25) is 0 Å². The van der Waals surface area contributed by atoms with Gasteiger partial charge in [-0.25, -0.2) is 0 Å². The second-order valence-corrected chi connectivity index (χ2v) is 3.66. The molecule has 0 fully saturated rings.